The van der Waals surface area contributed by atoms with Crippen molar-refractivity contribution >= 4 is 23.1 Å². The van der Waals surface area contributed by atoms with Gasteiger partial charge in [0.05, 0.1) is 4.88 Å². The number of anilines is 1. The molecule has 1 saturated carbocycles. The summed E-state index contributed by atoms with van der Waals surface area (Å²) in [5, 5.41) is 14.1. The van der Waals surface area contributed by atoms with Gasteiger partial charge in [-0.1, -0.05) is 13.0 Å². The number of nitrogens with zero attached hydrogens (tertiary/aromatic N) is 3. The van der Waals surface area contributed by atoms with Crippen molar-refractivity contribution in [3.05, 3.63) is 29.6 Å². The number of amides is 1. The van der Waals surface area contributed by atoms with Gasteiger partial charge in [-0.15, -0.1) is 21.5 Å². The van der Waals surface area contributed by atoms with Gasteiger partial charge in [-0.2, -0.15) is 0 Å². The Labute approximate surface area is 165 Å². The molecule has 0 unspecified atom stereocenters. The molecule has 1 amide bonds. The minimum atomic E-state index is 0.138. The molecule has 5 nitrogen and oxygen atoms in total. The Hall–Kier alpha value is -1.95. The molecule has 1 saturated heterocycles. The molecule has 0 aromatic carbocycles. The molecular weight excluding hydrogens is 356 g/mol. The first kappa shape index (κ1) is 18.4. The number of hydrogen-bond acceptors (Lipinski definition) is 5. The van der Waals surface area contributed by atoms with E-state index in [9.17, 15) is 4.79 Å². The van der Waals surface area contributed by atoms with Crippen LogP contribution >= 0.6 is 11.3 Å². The molecule has 6 heteroatoms. The van der Waals surface area contributed by atoms with E-state index in [0.717, 1.165) is 61.1 Å². The van der Waals surface area contributed by atoms with E-state index in [2.05, 4.69) is 38.8 Å². The van der Waals surface area contributed by atoms with E-state index < -0.39 is 0 Å². The molecular formula is C21H28N4OS. The zero-order chi connectivity index (χ0) is 18.6. The van der Waals surface area contributed by atoms with Gasteiger partial charge in [0.2, 0.25) is 5.91 Å². The Bertz CT molecular complexity index is 730. The Morgan fingerprint density at radius 1 is 1.07 bits per heavy atom. The fraction of sp³-hybridized carbons (Fsp3) is 0.571. The highest BCUT2D eigenvalue weighted by molar-refractivity contribution is 7.13. The average molecular weight is 385 g/mol. The number of nitrogens with one attached hydrogen (secondary N) is 1. The lowest BCUT2D eigenvalue weighted by molar-refractivity contribution is -0.126. The Kier molecular flexibility index (Phi) is 5.72. The largest absolute Gasteiger partial charge is 0.355 e. The van der Waals surface area contributed by atoms with Gasteiger partial charge in [0.25, 0.3) is 0 Å². The summed E-state index contributed by atoms with van der Waals surface area (Å²) in [5.74, 6) is 2.12. The maximum absolute atomic E-state index is 12.6. The predicted octanol–water partition coefficient (Wildman–Crippen LogP) is 4.12. The molecule has 144 valence electrons. The first-order chi connectivity index (χ1) is 13.2. The smallest absolute Gasteiger partial charge is 0.223 e. The number of piperidine rings is 1. The number of rotatable bonds is 4. The Balaban J connectivity index is 1.28. The van der Waals surface area contributed by atoms with Crippen LogP contribution in [0.3, 0.4) is 0 Å². The molecule has 1 aliphatic heterocycles. The molecule has 27 heavy (non-hydrogen) atoms. The Morgan fingerprint density at radius 2 is 1.85 bits per heavy atom. The van der Waals surface area contributed by atoms with Gasteiger partial charge in [-0.25, -0.2) is 0 Å². The monoisotopic (exact) mass is 384 g/mol. The second-order valence-corrected chi connectivity index (χ2v) is 8.93. The topological polar surface area (TPSA) is 58.1 Å². The molecule has 1 aliphatic carbocycles. The molecule has 3 heterocycles. The fourth-order valence-corrected chi connectivity index (χ4v) is 4.83. The lowest BCUT2D eigenvalue weighted by Gasteiger charge is -2.33. The highest BCUT2D eigenvalue weighted by atomic mass is 32.1. The minimum Gasteiger partial charge on any atom is -0.355 e. The zero-order valence-electron chi connectivity index (χ0n) is 15.9. The standard InChI is InChI=1S/C21H28N4OS/c1-15-4-6-17(7-5-15)22-21(26)16-10-12-25(13-11-16)20-9-8-18(23-24-20)19-3-2-14-27-19/h2-3,8-9,14-17H,4-7,10-13H2,1H3,(H,22,26). The summed E-state index contributed by atoms with van der Waals surface area (Å²) >= 11 is 1.67. The fourth-order valence-electron chi connectivity index (χ4n) is 4.14. The van der Waals surface area contributed by atoms with E-state index in [1.54, 1.807) is 11.3 Å². The minimum absolute atomic E-state index is 0.138. The molecule has 0 radical (unpaired) electrons. The maximum atomic E-state index is 12.6. The van der Waals surface area contributed by atoms with Crippen LogP contribution in [-0.4, -0.2) is 35.2 Å². The molecule has 2 aromatic heterocycles. The first-order valence-corrected chi connectivity index (χ1v) is 11.0. The number of hydrogen-bond donors (Lipinski definition) is 1. The van der Waals surface area contributed by atoms with Crippen molar-refractivity contribution < 1.29 is 4.79 Å². The van der Waals surface area contributed by atoms with Gasteiger partial charge < -0.3 is 10.2 Å². The van der Waals surface area contributed by atoms with Crippen molar-refractivity contribution in [3.63, 3.8) is 0 Å². The molecule has 0 atom stereocenters. The van der Waals surface area contributed by atoms with Crippen LogP contribution in [0.1, 0.15) is 45.4 Å². The van der Waals surface area contributed by atoms with Crippen molar-refractivity contribution in [1.29, 1.82) is 0 Å². The van der Waals surface area contributed by atoms with Crippen LogP contribution in [0.25, 0.3) is 10.6 Å². The first-order valence-electron chi connectivity index (χ1n) is 10.1. The number of carbonyl (C=O) groups excluding carboxylic acids is 1. The summed E-state index contributed by atoms with van der Waals surface area (Å²) in [5.41, 5.74) is 0.921. The second kappa shape index (κ2) is 8.38. The summed E-state index contributed by atoms with van der Waals surface area (Å²) in [6.07, 6.45) is 6.54. The van der Waals surface area contributed by atoms with Gasteiger partial charge in [0.15, 0.2) is 5.82 Å². The van der Waals surface area contributed by atoms with Crippen molar-refractivity contribution in [2.75, 3.05) is 18.0 Å². The summed E-state index contributed by atoms with van der Waals surface area (Å²) < 4.78 is 0. The SMILES string of the molecule is CC1CCC(NC(=O)C2CCN(c3ccc(-c4cccs4)nn3)CC2)CC1. The lowest BCUT2D eigenvalue weighted by atomic mass is 9.86. The van der Waals surface area contributed by atoms with E-state index in [1.807, 2.05) is 18.2 Å². The third kappa shape index (κ3) is 4.49. The Morgan fingerprint density at radius 3 is 2.48 bits per heavy atom. The average Bonchev–Trinajstić information content (AvgIpc) is 3.25. The van der Waals surface area contributed by atoms with Crippen LogP contribution < -0.4 is 10.2 Å². The highest BCUT2D eigenvalue weighted by Crippen LogP contribution is 2.27. The molecule has 2 fully saturated rings. The van der Waals surface area contributed by atoms with Crippen molar-refractivity contribution in [2.24, 2.45) is 11.8 Å². The molecule has 0 bridgehead atoms. The van der Waals surface area contributed by atoms with E-state index >= 15 is 0 Å². The summed E-state index contributed by atoms with van der Waals surface area (Å²) in [4.78, 5) is 16.0. The van der Waals surface area contributed by atoms with Gasteiger partial charge >= 0.3 is 0 Å². The van der Waals surface area contributed by atoms with Crippen molar-refractivity contribution in [2.45, 2.75) is 51.5 Å². The van der Waals surface area contributed by atoms with Crippen molar-refractivity contribution in [1.82, 2.24) is 15.5 Å². The van der Waals surface area contributed by atoms with E-state index in [-0.39, 0.29) is 11.8 Å². The van der Waals surface area contributed by atoms with Crippen LogP contribution in [-0.2, 0) is 4.79 Å². The number of thiophene rings is 1. The predicted molar refractivity (Wildman–Crippen MR) is 110 cm³/mol. The molecule has 1 N–H and O–H groups in total. The summed E-state index contributed by atoms with van der Waals surface area (Å²) in [6, 6.07) is 8.57. The van der Waals surface area contributed by atoms with Crippen LogP contribution in [0.15, 0.2) is 29.6 Å². The van der Waals surface area contributed by atoms with Gasteiger partial charge in [0, 0.05) is 25.0 Å². The van der Waals surface area contributed by atoms with Crippen molar-refractivity contribution in [3.8, 4) is 10.6 Å². The zero-order valence-corrected chi connectivity index (χ0v) is 16.8. The quantitative estimate of drug-likeness (QED) is 0.862. The summed E-state index contributed by atoms with van der Waals surface area (Å²) in [6.45, 7) is 4.04. The van der Waals surface area contributed by atoms with Crippen LogP contribution in [0.2, 0.25) is 0 Å². The van der Waals surface area contributed by atoms with Gasteiger partial charge in [0.1, 0.15) is 5.69 Å². The molecule has 4 rings (SSSR count). The molecule has 2 aromatic rings. The van der Waals surface area contributed by atoms with Gasteiger partial charge in [-0.05, 0) is 68.0 Å². The number of carbonyl (C=O) groups is 1. The highest BCUT2D eigenvalue weighted by Gasteiger charge is 2.28. The van der Waals surface area contributed by atoms with Crippen LogP contribution in [0, 0.1) is 11.8 Å². The maximum Gasteiger partial charge on any atom is 0.223 e. The molecule has 0 spiro atoms. The van der Waals surface area contributed by atoms with Gasteiger partial charge in [-0.3, -0.25) is 4.79 Å². The number of aromatic nitrogens is 2. The van der Waals surface area contributed by atoms with Crippen LogP contribution in [0.5, 0.6) is 0 Å². The summed E-state index contributed by atoms with van der Waals surface area (Å²) in [7, 11) is 0. The van der Waals surface area contributed by atoms with Crippen LogP contribution in [0.4, 0.5) is 5.82 Å². The third-order valence-corrected chi connectivity index (χ3v) is 6.87. The van der Waals surface area contributed by atoms with E-state index in [4.69, 9.17) is 0 Å². The molecule has 2 aliphatic rings. The third-order valence-electron chi connectivity index (χ3n) is 5.98. The lowest BCUT2D eigenvalue weighted by Crippen LogP contribution is -2.45. The van der Waals surface area contributed by atoms with E-state index in [1.165, 1.54) is 12.8 Å². The second-order valence-electron chi connectivity index (χ2n) is 7.98. The van der Waals surface area contributed by atoms with E-state index in [0.29, 0.717) is 6.04 Å². The normalized spacial score (nSPS) is 24.0.